The third-order valence-corrected chi connectivity index (χ3v) is 2.97. The summed E-state index contributed by atoms with van der Waals surface area (Å²) >= 11 is 0. The highest BCUT2D eigenvalue weighted by Crippen LogP contribution is 2.32. The molecule has 4 nitrogen and oxygen atoms in total. The van der Waals surface area contributed by atoms with Crippen LogP contribution in [0.2, 0.25) is 0 Å². The molecule has 0 radical (unpaired) electrons. The van der Waals surface area contributed by atoms with Crippen LogP contribution < -0.4 is 15.8 Å². The molecule has 1 amide bonds. The maximum atomic E-state index is 12.0. The molecule has 0 spiro atoms. The Hall–Kier alpha value is -1.40. The molecular formula is C13H17ClF2N2O2. The molecule has 1 aliphatic rings. The lowest BCUT2D eigenvalue weighted by molar-refractivity contribution is -0.123. The van der Waals surface area contributed by atoms with E-state index in [1.807, 2.05) is 0 Å². The van der Waals surface area contributed by atoms with E-state index in [-0.39, 0.29) is 18.3 Å². The maximum Gasteiger partial charge on any atom is 0.272 e. The molecule has 112 valence electrons. The standard InChI is InChI=1S/C13H16F2N2O2.ClH/c14-11(15)8-19-10-3-1-2-9(6-10)7-17-12(18)13(16)4-5-13;/h1-3,6,11H,4-5,7-8,16H2,(H,17,18);1H. The zero-order chi connectivity index (χ0) is 13.9. The fourth-order valence-electron chi connectivity index (χ4n) is 1.62. The number of carbonyl (C=O) groups is 1. The third kappa shape index (κ3) is 4.61. The minimum atomic E-state index is -2.50. The first-order chi connectivity index (χ1) is 8.99. The second-order valence-electron chi connectivity index (χ2n) is 4.69. The molecule has 0 aromatic heterocycles. The molecule has 2 rings (SSSR count). The van der Waals surface area contributed by atoms with Crippen LogP contribution in [-0.2, 0) is 11.3 Å². The molecule has 1 fully saturated rings. The van der Waals surface area contributed by atoms with Crippen molar-refractivity contribution in [2.24, 2.45) is 5.73 Å². The van der Waals surface area contributed by atoms with Crippen LogP contribution in [0.15, 0.2) is 24.3 Å². The number of benzene rings is 1. The molecule has 3 N–H and O–H groups in total. The molecule has 1 aliphatic carbocycles. The number of carbonyl (C=O) groups excluding carboxylic acids is 1. The average molecular weight is 307 g/mol. The smallest absolute Gasteiger partial charge is 0.272 e. The second kappa shape index (κ2) is 6.85. The van der Waals surface area contributed by atoms with Gasteiger partial charge in [0.25, 0.3) is 6.43 Å². The predicted octanol–water partition coefficient (Wildman–Crippen LogP) is 1.86. The van der Waals surface area contributed by atoms with Crippen molar-refractivity contribution in [3.05, 3.63) is 29.8 Å². The molecule has 0 heterocycles. The Labute approximate surface area is 122 Å². The Morgan fingerprint density at radius 3 is 2.75 bits per heavy atom. The highest BCUT2D eigenvalue weighted by atomic mass is 35.5. The van der Waals surface area contributed by atoms with Crippen LogP contribution >= 0.6 is 12.4 Å². The third-order valence-electron chi connectivity index (χ3n) is 2.97. The van der Waals surface area contributed by atoms with Gasteiger partial charge in [-0.25, -0.2) is 8.78 Å². The van der Waals surface area contributed by atoms with Crippen LogP contribution in [0.25, 0.3) is 0 Å². The number of ether oxygens (including phenoxy) is 1. The van der Waals surface area contributed by atoms with E-state index >= 15 is 0 Å². The minimum absolute atomic E-state index is 0. The molecule has 7 heteroatoms. The van der Waals surface area contributed by atoms with Crippen LogP contribution in [-0.4, -0.2) is 24.5 Å². The first-order valence-electron chi connectivity index (χ1n) is 6.07. The van der Waals surface area contributed by atoms with E-state index in [9.17, 15) is 13.6 Å². The van der Waals surface area contributed by atoms with E-state index in [0.29, 0.717) is 25.1 Å². The molecule has 0 unspecified atom stereocenters. The lowest BCUT2D eigenvalue weighted by Gasteiger charge is -2.11. The van der Waals surface area contributed by atoms with E-state index in [0.717, 1.165) is 5.56 Å². The van der Waals surface area contributed by atoms with Gasteiger partial charge in [0.1, 0.15) is 12.4 Å². The lowest BCUT2D eigenvalue weighted by Crippen LogP contribution is -2.42. The van der Waals surface area contributed by atoms with Gasteiger partial charge in [-0.1, -0.05) is 12.1 Å². The largest absolute Gasteiger partial charge is 0.488 e. The Morgan fingerprint density at radius 1 is 1.45 bits per heavy atom. The summed E-state index contributed by atoms with van der Waals surface area (Å²) in [5, 5.41) is 2.73. The first-order valence-corrected chi connectivity index (χ1v) is 6.07. The van der Waals surface area contributed by atoms with Crippen molar-refractivity contribution >= 4 is 18.3 Å². The Bertz CT molecular complexity index is 467. The normalized spacial score (nSPS) is 15.4. The first kappa shape index (κ1) is 16.7. The topological polar surface area (TPSA) is 64.4 Å². The minimum Gasteiger partial charge on any atom is -0.488 e. The van der Waals surface area contributed by atoms with Crippen molar-refractivity contribution in [2.45, 2.75) is 31.4 Å². The second-order valence-corrected chi connectivity index (χ2v) is 4.69. The summed E-state index contributed by atoms with van der Waals surface area (Å²) in [4.78, 5) is 11.6. The molecule has 1 aromatic carbocycles. The van der Waals surface area contributed by atoms with Crippen molar-refractivity contribution < 1.29 is 18.3 Å². The average Bonchev–Trinajstić information content (AvgIpc) is 3.13. The molecule has 0 aliphatic heterocycles. The van der Waals surface area contributed by atoms with E-state index in [2.05, 4.69) is 5.32 Å². The Balaban J connectivity index is 0.00000200. The van der Waals surface area contributed by atoms with Gasteiger partial charge in [-0.2, -0.15) is 0 Å². The molecule has 0 atom stereocenters. The summed E-state index contributed by atoms with van der Waals surface area (Å²) in [6.07, 6.45) is -1.09. The quantitative estimate of drug-likeness (QED) is 0.843. The van der Waals surface area contributed by atoms with Crippen molar-refractivity contribution in [1.82, 2.24) is 5.32 Å². The van der Waals surface area contributed by atoms with Gasteiger partial charge < -0.3 is 15.8 Å². The summed E-state index contributed by atoms with van der Waals surface area (Å²) in [6, 6.07) is 6.70. The zero-order valence-corrected chi connectivity index (χ0v) is 11.6. The highest BCUT2D eigenvalue weighted by molar-refractivity contribution is 5.88. The number of rotatable bonds is 6. The number of alkyl halides is 2. The SMILES string of the molecule is Cl.NC1(C(=O)NCc2cccc(OCC(F)F)c2)CC1. The number of nitrogens with two attached hydrogens (primary N) is 1. The molecule has 20 heavy (non-hydrogen) atoms. The summed E-state index contributed by atoms with van der Waals surface area (Å²) in [5.74, 6) is 0.187. The summed E-state index contributed by atoms with van der Waals surface area (Å²) in [5.41, 5.74) is 5.82. The van der Waals surface area contributed by atoms with Crippen molar-refractivity contribution in [3.8, 4) is 5.75 Å². The van der Waals surface area contributed by atoms with Gasteiger partial charge in [-0.15, -0.1) is 12.4 Å². The van der Waals surface area contributed by atoms with Gasteiger partial charge in [-0.05, 0) is 30.5 Å². The number of amides is 1. The van der Waals surface area contributed by atoms with Gasteiger partial charge in [0.2, 0.25) is 5.91 Å². The number of hydrogen-bond donors (Lipinski definition) is 2. The van der Waals surface area contributed by atoms with Crippen LogP contribution in [0, 0.1) is 0 Å². The number of nitrogens with one attached hydrogen (secondary N) is 1. The van der Waals surface area contributed by atoms with Crippen LogP contribution in [0.4, 0.5) is 8.78 Å². The fourth-order valence-corrected chi connectivity index (χ4v) is 1.62. The molecule has 0 saturated heterocycles. The molecular weight excluding hydrogens is 290 g/mol. The highest BCUT2D eigenvalue weighted by Gasteiger charge is 2.45. The monoisotopic (exact) mass is 306 g/mol. The predicted molar refractivity (Wildman–Crippen MR) is 73.2 cm³/mol. The van der Waals surface area contributed by atoms with Gasteiger partial charge in [0, 0.05) is 6.54 Å². The van der Waals surface area contributed by atoms with E-state index in [1.165, 1.54) is 0 Å². The summed E-state index contributed by atoms with van der Waals surface area (Å²) in [7, 11) is 0. The number of hydrogen-bond acceptors (Lipinski definition) is 3. The van der Waals surface area contributed by atoms with E-state index in [4.69, 9.17) is 10.5 Å². The summed E-state index contributed by atoms with van der Waals surface area (Å²) < 4.78 is 28.9. The fraction of sp³-hybridized carbons (Fsp3) is 0.462. The van der Waals surface area contributed by atoms with Crippen molar-refractivity contribution in [2.75, 3.05) is 6.61 Å². The van der Waals surface area contributed by atoms with Crippen molar-refractivity contribution in [3.63, 3.8) is 0 Å². The van der Waals surface area contributed by atoms with E-state index < -0.39 is 18.6 Å². The molecule has 1 aromatic rings. The van der Waals surface area contributed by atoms with Crippen LogP contribution in [0.1, 0.15) is 18.4 Å². The lowest BCUT2D eigenvalue weighted by atomic mass is 10.2. The van der Waals surface area contributed by atoms with Gasteiger partial charge in [0.15, 0.2) is 0 Å². The number of halogens is 3. The van der Waals surface area contributed by atoms with Crippen molar-refractivity contribution in [1.29, 1.82) is 0 Å². The Kier molecular flexibility index (Phi) is 5.71. The summed E-state index contributed by atoms with van der Waals surface area (Å²) in [6.45, 7) is -0.328. The maximum absolute atomic E-state index is 12.0. The van der Waals surface area contributed by atoms with Crippen LogP contribution in [0.5, 0.6) is 5.75 Å². The Morgan fingerprint density at radius 2 is 2.15 bits per heavy atom. The van der Waals surface area contributed by atoms with Crippen LogP contribution in [0.3, 0.4) is 0 Å². The van der Waals surface area contributed by atoms with E-state index in [1.54, 1.807) is 24.3 Å². The van der Waals surface area contributed by atoms with Gasteiger partial charge in [-0.3, -0.25) is 4.79 Å². The van der Waals surface area contributed by atoms with Gasteiger partial charge >= 0.3 is 0 Å². The molecule has 1 saturated carbocycles. The zero-order valence-electron chi connectivity index (χ0n) is 10.8. The molecule has 0 bridgehead atoms. The van der Waals surface area contributed by atoms with Gasteiger partial charge in [0.05, 0.1) is 5.54 Å².